The largest absolute Gasteiger partial charge is 0.494 e. The minimum atomic E-state index is 0.636. The van der Waals surface area contributed by atoms with Gasteiger partial charge in [0.2, 0.25) is 0 Å². The fourth-order valence-electron chi connectivity index (χ4n) is 1.47. The van der Waals surface area contributed by atoms with Crippen LogP contribution < -0.4 is 4.74 Å². The molecular weight excluding hydrogens is 220 g/mol. The van der Waals surface area contributed by atoms with Crippen LogP contribution in [-0.4, -0.2) is 19.5 Å². The molecule has 0 aliphatic carbocycles. The van der Waals surface area contributed by atoms with E-state index in [-0.39, 0.29) is 0 Å². The van der Waals surface area contributed by atoms with Crippen LogP contribution in [-0.2, 0) is 11.3 Å². The molecule has 0 unspecified atom stereocenters. The molecule has 0 spiro atoms. The molecular formula is C13H20O2S. The zero-order chi connectivity index (χ0) is 11.6. The van der Waals surface area contributed by atoms with Crippen molar-refractivity contribution in [1.29, 1.82) is 0 Å². The van der Waals surface area contributed by atoms with E-state index in [0.29, 0.717) is 6.61 Å². The van der Waals surface area contributed by atoms with E-state index in [9.17, 15) is 0 Å². The third-order valence-corrected chi connectivity index (χ3v) is 2.60. The summed E-state index contributed by atoms with van der Waals surface area (Å²) in [5.74, 6) is 1.89. The van der Waals surface area contributed by atoms with Crippen LogP contribution in [0.25, 0.3) is 0 Å². The van der Waals surface area contributed by atoms with E-state index < -0.39 is 0 Å². The second-order valence-electron chi connectivity index (χ2n) is 3.71. The number of benzene rings is 1. The van der Waals surface area contributed by atoms with Gasteiger partial charge in [0, 0.05) is 7.11 Å². The van der Waals surface area contributed by atoms with Gasteiger partial charge in [-0.2, -0.15) is 12.6 Å². The Morgan fingerprint density at radius 1 is 1.19 bits per heavy atom. The molecule has 0 fully saturated rings. The monoisotopic (exact) mass is 240 g/mol. The van der Waals surface area contributed by atoms with Crippen molar-refractivity contribution in [2.45, 2.75) is 25.9 Å². The Morgan fingerprint density at radius 2 is 2.06 bits per heavy atom. The zero-order valence-electron chi connectivity index (χ0n) is 9.82. The Morgan fingerprint density at radius 3 is 2.81 bits per heavy atom. The number of methoxy groups -OCH3 is 1. The molecule has 2 nitrogen and oxygen atoms in total. The van der Waals surface area contributed by atoms with Crippen LogP contribution in [0.4, 0.5) is 0 Å². The van der Waals surface area contributed by atoms with Gasteiger partial charge in [0.1, 0.15) is 5.75 Å². The second-order valence-corrected chi connectivity index (χ2v) is 4.16. The highest BCUT2D eigenvalue weighted by Crippen LogP contribution is 2.14. The van der Waals surface area contributed by atoms with Crippen LogP contribution in [0.3, 0.4) is 0 Å². The minimum absolute atomic E-state index is 0.636. The van der Waals surface area contributed by atoms with Crippen molar-refractivity contribution in [3.05, 3.63) is 29.8 Å². The summed E-state index contributed by atoms with van der Waals surface area (Å²) in [5, 5.41) is 0. The fraction of sp³-hybridized carbons (Fsp3) is 0.538. The van der Waals surface area contributed by atoms with Crippen molar-refractivity contribution in [3.8, 4) is 5.75 Å². The Balaban J connectivity index is 2.27. The highest BCUT2D eigenvalue weighted by molar-refractivity contribution is 7.80. The minimum Gasteiger partial charge on any atom is -0.494 e. The van der Waals surface area contributed by atoms with E-state index in [2.05, 4.69) is 12.6 Å². The summed E-state index contributed by atoms with van der Waals surface area (Å²) in [6.07, 6.45) is 3.44. The molecule has 1 rings (SSSR count). The summed E-state index contributed by atoms with van der Waals surface area (Å²) in [6.45, 7) is 1.42. The molecule has 1 aromatic rings. The molecule has 0 bridgehead atoms. The van der Waals surface area contributed by atoms with Crippen LogP contribution in [0.15, 0.2) is 24.3 Å². The summed E-state index contributed by atoms with van der Waals surface area (Å²) in [7, 11) is 1.70. The summed E-state index contributed by atoms with van der Waals surface area (Å²) >= 11 is 4.17. The van der Waals surface area contributed by atoms with Crippen molar-refractivity contribution in [2.75, 3.05) is 19.5 Å². The molecule has 0 heterocycles. The number of ether oxygens (including phenoxy) is 2. The number of thiol groups is 1. The van der Waals surface area contributed by atoms with Crippen molar-refractivity contribution < 1.29 is 9.47 Å². The number of hydrogen-bond donors (Lipinski definition) is 1. The lowest BCUT2D eigenvalue weighted by Crippen LogP contribution is -1.98. The van der Waals surface area contributed by atoms with E-state index in [0.717, 1.165) is 36.5 Å². The van der Waals surface area contributed by atoms with Crippen LogP contribution in [0.1, 0.15) is 24.8 Å². The van der Waals surface area contributed by atoms with Gasteiger partial charge in [-0.05, 0) is 42.7 Å². The maximum atomic E-state index is 5.66. The lowest BCUT2D eigenvalue weighted by atomic mass is 10.2. The molecule has 0 saturated carbocycles. The first kappa shape index (κ1) is 13.4. The van der Waals surface area contributed by atoms with Crippen molar-refractivity contribution >= 4 is 12.6 Å². The summed E-state index contributed by atoms with van der Waals surface area (Å²) in [6, 6.07) is 8.05. The van der Waals surface area contributed by atoms with Crippen LogP contribution in [0.2, 0.25) is 0 Å². The van der Waals surface area contributed by atoms with Crippen LogP contribution >= 0.6 is 12.6 Å². The van der Waals surface area contributed by atoms with Gasteiger partial charge in [0.25, 0.3) is 0 Å². The predicted octanol–water partition coefficient (Wildman–Crippen LogP) is 3.31. The smallest absolute Gasteiger partial charge is 0.119 e. The van der Waals surface area contributed by atoms with E-state index in [1.165, 1.54) is 6.42 Å². The molecule has 1 aromatic carbocycles. The van der Waals surface area contributed by atoms with E-state index >= 15 is 0 Å². The molecule has 90 valence electrons. The first-order valence-corrected chi connectivity index (χ1v) is 6.31. The molecule has 0 N–H and O–H groups in total. The quantitative estimate of drug-likeness (QED) is 0.555. The van der Waals surface area contributed by atoms with Crippen molar-refractivity contribution in [1.82, 2.24) is 0 Å². The first-order chi connectivity index (χ1) is 7.86. The molecule has 0 aliphatic rings. The average Bonchev–Trinajstić information content (AvgIpc) is 2.30. The van der Waals surface area contributed by atoms with Gasteiger partial charge in [0.15, 0.2) is 0 Å². The summed E-state index contributed by atoms with van der Waals surface area (Å²) in [4.78, 5) is 0. The fourth-order valence-corrected chi connectivity index (χ4v) is 1.70. The zero-order valence-corrected chi connectivity index (χ0v) is 10.7. The van der Waals surface area contributed by atoms with E-state index in [1.807, 2.05) is 24.3 Å². The first-order valence-electron chi connectivity index (χ1n) is 5.68. The molecule has 0 aromatic heterocycles. The van der Waals surface area contributed by atoms with Gasteiger partial charge >= 0.3 is 0 Å². The number of hydrogen-bond acceptors (Lipinski definition) is 3. The van der Waals surface area contributed by atoms with E-state index in [1.54, 1.807) is 7.11 Å². The van der Waals surface area contributed by atoms with Gasteiger partial charge in [-0.25, -0.2) is 0 Å². The third-order valence-electron chi connectivity index (χ3n) is 2.28. The van der Waals surface area contributed by atoms with E-state index in [4.69, 9.17) is 9.47 Å². The standard InChI is InChI=1S/C13H20O2S/c1-14-11-12-6-5-7-13(10-12)15-8-3-2-4-9-16/h5-7,10,16H,2-4,8-9,11H2,1H3. The van der Waals surface area contributed by atoms with Crippen molar-refractivity contribution in [2.24, 2.45) is 0 Å². The third kappa shape index (κ3) is 5.42. The predicted molar refractivity (Wildman–Crippen MR) is 70.4 cm³/mol. The van der Waals surface area contributed by atoms with Crippen LogP contribution in [0.5, 0.6) is 5.75 Å². The Labute approximate surface area is 103 Å². The molecule has 0 aliphatic heterocycles. The normalized spacial score (nSPS) is 10.4. The Hall–Kier alpha value is -0.670. The SMILES string of the molecule is COCc1cccc(OCCCCCS)c1. The highest BCUT2D eigenvalue weighted by atomic mass is 32.1. The summed E-state index contributed by atoms with van der Waals surface area (Å²) in [5.41, 5.74) is 1.15. The Kier molecular flexibility index (Phi) is 7.10. The molecule has 0 saturated heterocycles. The van der Waals surface area contributed by atoms with Crippen LogP contribution in [0, 0.1) is 0 Å². The lowest BCUT2D eigenvalue weighted by Gasteiger charge is -2.07. The van der Waals surface area contributed by atoms with Crippen molar-refractivity contribution in [3.63, 3.8) is 0 Å². The summed E-state index contributed by atoms with van der Waals surface area (Å²) < 4.78 is 10.7. The van der Waals surface area contributed by atoms with Gasteiger partial charge in [0.05, 0.1) is 13.2 Å². The maximum Gasteiger partial charge on any atom is 0.119 e. The Bertz CT molecular complexity index is 289. The number of unbranched alkanes of at least 4 members (excludes halogenated alkanes) is 2. The molecule has 3 heteroatoms. The average molecular weight is 240 g/mol. The highest BCUT2D eigenvalue weighted by Gasteiger charge is 1.96. The second kappa shape index (κ2) is 8.48. The van der Waals surface area contributed by atoms with Gasteiger partial charge in [-0.3, -0.25) is 0 Å². The molecule has 0 amide bonds. The van der Waals surface area contributed by atoms with Gasteiger partial charge in [-0.15, -0.1) is 0 Å². The van der Waals surface area contributed by atoms with Gasteiger partial charge < -0.3 is 9.47 Å². The lowest BCUT2D eigenvalue weighted by molar-refractivity contribution is 0.184. The topological polar surface area (TPSA) is 18.5 Å². The molecule has 0 radical (unpaired) electrons. The maximum absolute atomic E-state index is 5.66. The number of rotatable bonds is 8. The van der Waals surface area contributed by atoms with Gasteiger partial charge in [-0.1, -0.05) is 12.1 Å². The molecule has 16 heavy (non-hydrogen) atoms. The molecule has 0 atom stereocenters.